The average molecular weight is 273 g/mol. The second-order valence-electron chi connectivity index (χ2n) is 5.29. The molecule has 0 radical (unpaired) electrons. The first-order valence-electron chi connectivity index (χ1n) is 6.96. The second kappa shape index (κ2) is 6.57. The van der Waals surface area contributed by atoms with Crippen molar-refractivity contribution in [2.75, 3.05) is 7.11 Å². The fourth-order valence-corrected chi connectivity index (χ4v) is 2.06. The zero-order valence-corrected chi connectivity index (χ0v) is 12.7. The third kappa shape index (κ3) is 3.61. The minimum atomic E-state index is 0.469. The van der Waals surface area contributed by atoms with Crippen LogP contribution in [0.4, 0.5) is 0 Å². The summed E-state index contributed by atoms with van der Waals surface area (Å²) in [6, 6.07) is 10.3. The smallest absolute Gasteiger partial charge is 0.118 e. The molecule has 0 fully saturated rings. The van der Waals surface area contributed by atoms with Crippen LogP contribution in [0, 0.1) is 0 Å². The van der Waals surface area contributed by atoms with Gasteiger partial charge in [-0.3, -0.25) is 4.68 Å². The standard InChI is InChI=1S/C16H23N3O/c1-12(2)16-9-14(19(3)18-16)11-17-10-13-5-7-15(20-4)8-6-13/h5-9,12,17H,10-11H2,1-4H3. The maximum Gasteiger partial charge on any atom is 0.118 e. The van der Waals surface area contributed by atoms with Crippen LogP contribution < -0.4 is 10.1 Å². The Morgan fingerprint density at radius 1 is 1.20 bits per heavy atom. The number of rotatable bonds is 6. The highest BCUT2D eigenvalue weighted by molar-refractivity contribution is 5.27. The van der Waals surface area contributed by atoms with E-state index in [1.165, 1.54) is 11.3 Å². The van der Waals surface area contributed by atoms with Crippen LogP contribution in [0.3, 0.4) is 0 Å². The molecule has 0 amide bonds. The zero-order valence-electron chi connectivity index (χ0n) is 12.7. The molecule has 0 saturated heterocycles. The largest absolute Gasteiger partial charge is 0.497 e. The molecule has 4 heteroatoms. The van der Waals surface area contributed by atoms with Gasteiger partial charge in [0.1, 0.15) is 5.75 Å². The molecule has 2 aromatic rings. The van der Waals surface area contributed by atoms with Gasteiger partial charge in [0.05, 0.1) is 18.5 Å². The van der Waals surface area contributed by atoms with Crippen molar-refractivity contribution < 1.29 is 4.74 Å². The molecule has 0 bridgehead atoms. The van der Waals surface area contributed by atoms with Crippen molar-refractivity contribution >= 4 is 0 Å². The Bertz CT molecular complexity index is 543. The van der Waals surface area contributed by atoms with Crippen molar-refractivity contribution in [1.29, 1.82) is 0 Å². The Morgan fingerprint density at radius 3 is 2.45 bits per heavy atom. The number of methoxy groups -OCH3 is 1. The maximum absolute atomic E-state index is 5.15. The molecule has 1 N–H and O–H groups in total. The summed E-state index contributed by atoms with van der Waals surface area (Å²) in [5.41, 5.74) is 3.60. The van der Waals surface area contributed by atoms with Gasteiger partial charge in [-0.2, -0.15) is 5.10 Å². The van der Waals surface area contributed by atoms with E-state index in [-0.39, 0.29) is 0 Å². The zero-order chi connectivity index (χ0) is 14.5. The van der Waals surface area contributed by atoms with Crippen molar-refractivity contribution in [2.24, 2.45) is 7.05 Å². The van der Waals surface area contributed by atoms with Gasteiger partial charge in [0, 0.05) is 20.1 Å². The number of nitrogens with zero attached hydrogens (tertiary/aromatic N) is 2. The van der Waals surface area contributed by atoms with Crippen LogP contribution in [-0.2, 0) is 20.1 Å². The van der Waals surface area contributed by atoms with Crippen molar-refractivity contribution in [3.05, 3.63) is 47.3 Å². The molecule has 0 aliphatic heterocycles. The van der Waals surface area contributed by atoms with Gasteiger partial charge >= 0.3 is 0 Å². The fourth-order valence-electron chi connectivity index (χ4n) is 2.06. The Kier molecular flexibility index (Phi) is 4.79. The van der Waals surface area contributed by atoms with Gasteiger partial charge in [0.15, 0.2) is 0 Å². The number of aryl methyl sites for hydroxylation is 1. The van der Waals surface area contributed by atoms with Crippen LogP contribution in [0.2, 0.25) is 0 Å². The predicted molar refractivity (Wildman–Crippen MR) is 80.8 cm³/mol. The average Bonchev–Trinajstić information content (AvgIpc) is 2.81. The molecular formula is C16H23N3O. The van der Waals surface area contributed by atoms with E-state index >= 15 is 0 Å². The van der Waals surface area contributed by atoms with Crippen molar-refractivity contribution in [2.45, 2.75) is 32.9 Å². The summed E-state index contributed by atoms with van der Waals surface area (Å²) in [5.74, 6) is 1.36. The molecule has 2 rings (SSSR count). The molecule has 1 heterocycles. The van der Waals surface area contributed by atoms with Gasteiger partial charge in [0.2, 0.25) is 0 Å². The first-order valence-corrected chi connectivity index (χ1v) is 6.96. The van der Waals surface area contributed by atoms with Gasteiger partial charge in [-0.1, -0.05) is 26.0 Å². The monoisotopic (exact) mass is 273 g/mol. The highest BCUT2D eigenvalue weighted by atomic mass is 16.5. The van der Waals surface area contributed by atoms with Gasteiger partial charge in [-0.25, -0.2) is 0 Å². The van der Waals surface area contributed by atoms with E-state index in [0.29, 0.717) is 5.92 Å². The molecule has 0 spiro atoms. The summed E-state index contributed by atoms with van der Waals surface area (Å²) in [4.78, 5) is 0. The van der Waals surface area contributed by atoms with Crippen LogP contribution in [-0.4, -0.2) is 16.9 Å². The van der Waals surface area contributed by atoms with Crippen LogP contribution in [0.5, 0.6) is 5.75 Å². The first-order chi connectivity index (χ1) is 9.60. The Balaban J connectivity index is 1.89. The fraction of sp³-hybridized carbons (Fsp3) is 0.438. The van der Waals surface area contributed by atoms with Crippen molar-refractivity contribution in [3.63, 3.8) is 0 Å². The van der Waals surface area contributed by atoms with E-state index in [1.807, 2.05) is 23.9 Å². The van der Waals surface area contributed by atoms with E-state index < -0.39 is 0 Å². The van der Waals surface area contributed by atoms with Crippen molar-refractivity contribution in [1.82, 2.24) is 15.1 Å². The molecular weight excluding hydrogens is 250 g/mol. The first kappa shape index (κ1) is 14.6. The van der Waals surface area contributed by atoms with Gasteiger partial charge in [-0.15, -0.1) is 0 Å². The normalized spacial score (nSPS) is 11.1. The number of aromatic nitrogens is 2. The maximum atomic E-state index is 5.15. The number of hydrogen-bond donors (Lipinski definition) is 1. The summed E-state index contributed by atoms with van der Waals surface area (Å²) in [6.45, 7) is 5.99. The molecule has 4 nitrogen and oxygen atoms in total. The van der Waals surface area contributed by atoms with Gasteiger partial charge < -0.3 is 10.1 Å². The highest BCUT2D eigenvalue weighted by Crippen LogP contribution is 2.14. The van der Waals surface area contributed by atoms with E-state index in [1.54, 1.807) is 7.11 Å². The molecule has 0 saturated carbocycles. The number of nitrogens with one attached hydrogen (secondary N) is 1. The molecule has 0 atom stereocenters. The van der Waals surface area contributed by atoms with Gasteiger partial charge in [-0.05, 0) is 29.7 Å². The summed E-state index contributed by atoms with van der Waals surface area (Å²) >= 11 is 0. The third-order valence-corrected chi connectivity index (χ3v) is 3.38. The third-order valence-electron chi connectivity index (χ3n) is 3.38. The lowest BCUT2D eigenvalue weighted by atomic mass is 10.1. The summed E-state index contributed by atoms with van der Waals surface area (Å²) in [5, 5.41) is 7.97. The molecule has 0 aliphatic rings. The number of ether oxygens (including phenoxy) is 1. The molecule has 1 aromatic carbocycles. The lowest BCUT2D eigenvalue weighted by Gasteiger charge is -2.06. The molecule has 1 aromatic heterocycles. The number of hydrogen-bond acceptors (Lipinski definition) is 3. The summed E-state index contributed by atoms with van der Waals surface area (Å²) < 4.78 is 7.11. The number of benzene rings is 1. The topological polar surface area (TPSA) is 39.1 Å². The molecule has 108 valence electrons. The minimum Gasteiger partial charge on any atom is -0.497 e. The quantitative estimate of drug-likeness (QED) is 0.879. The van der Waals surface area contributed by atoms with E-state index in [0.717, 1.165) is 24.5 Å². The van der Waals surface area contributed by atoms with E-state index in [2.05, 4.69) is 42.5 Å². The lowest BCUT2D eigenvalue weighted by Crippen LogP contribution is -2.15. The van der Waals surface area contributed by atoms with Crippen LogP contribution in [0.15, 0.2) is 30.3 Å². The van der Waals surface area contributed by atoms with Crippen LogP contribution in [0.25, 0.3) is 0 Å². The molecule has 20 heavy (non-hydrogen) atoms. The Labute approximate surface area is 120 Å². The predicted octanol–water partition coefficient (Wildman–Crippen LogP) is 2.84. The minimum absolute atomic E-state index is 0.469. The van der Waals surface area contributed by atoms with Crippen LogP contribution in [0.1, 0.15) is 36.7 Å². The molecule has 0 unspecified atom stereocenters. The van der Waals surface area contributed by atoms with E-state index in [4.69, 9.17) is 4.74 Å². The van der Waals surface area contributed by atoms with Gasteiger partial charge in [0.25, 0.3) is 0 Å². The summed E-state index contributed by atoms with van der Waals surface area (Å²) in [6.07, 6.45) is 0. The summed E-state index contributed by atoms with van der Waals surface area (Å²) in [7, 11) is 3.68. The second-order valence-corrected chi connectivity index (χ2v) is 5.29. The van der Waals surface area contributed by atoms with Crippen molar-refractivity contribution in [3.8, 4) is 5.75 Å². The lowest BCUT2D eigenvalue weighted by molar-refractivity contribution is 0.414. The molecule has 0 aliphatic carbocycles. The highest BCUT2D eigenvalue weighted by Gasteiger charge is 2.07. The Hall–Kier alpha value is -1.81. The van der Waals surface area contributed by atoms with E-state index in [9.17, 15) is 0 Å². The SMILES string of the molecule is COc1ccc(CNCc2cc(C(C)C)nn2C)cc1. The Morgan fingerprint density at radius 2 is 1.90 bits per heavy atom. The van der Waals surface area contributed by atoms with Crippen LogP contribution >= 0.6 is 0 Å².